The predicted molar refractivity (Wildman–Crippen MR) is 124 cm³/mol. The number of piperidine rings is 1. The van der Waals surface area contributed by atoms with Crippen molar-refractivity contribution in [3.8, 4) is 16.8 Å². The van der Waals surface area contributed by atoms with E-state index in [-0.39, 0.29) is 17.6 Å². The lowest BCUT2D eigenvalue weighted by Gasteiger charge is -2.33. The molecular weight excluding hydrogens is 417 g/mol. The summed E-state index contributed by atoms with van der Waals surface area (Å²) < 4.78 is 15.2. The van der Waals surface area contributed by atoms with Crippen LogP contribution in [-0.2, 0) is 0 Å². The van der Waals surface area contributed by atoms with Crippen molar-refractivity contribution in [1.82, 2.24) is 24.6 Å². The molecule has 33 heavy (non-hydrogen) atoms. The Labute approximate surface area is 191 Å². The van der Waals surface area contributed by atoms with Gasteiger partial charge in [0.25, 0.3) is 5.91 Å². The molecule has 6 nitrogen and oxygen atoms in total. The number of rotatable bonds is 4. The summed E-state index contributed by atoms with van der Waals surface area (Å²) in [5, 5.41) is 4.26. The molecule has 5 rings (SSSR count). The van der Waals surface area contributed by atoms with Crippen LogP contribution in [0, 0.1) is 12.7 Å². The van der Waals surface area contributed by atoms with Crippen LogP contribution in [0.15, 0.2) is 73.2 Å². The van der Waals surface area contributed by atoms with Crippen LogP contribution in [0.1, 0.15) is 40.6 Å². The summed E-state index contributed by atoms with van der Waals surface area (Å²) in [7, 11) is 0. The van der Waals surface area contributed by atoms with E-state index in [1.165, 1.54) is 12.1 Å². The Hall–Kier alpha value is -3.87. The number of amides is 1. The van der Waals surface area contributed by atoms with Crippen molar-refractivity contribution in [3.63, 3.8) is 0 Å². The van der Waals surface area contributed by atoms with Crippen molar-refractivity contribution < 1.29 is 9.18 Å². The normalized spacial score (nSPS) is 16.1. The van der Waals surface area contributed by atoms with Gasteiger partial charge in [-0.1, -0.05) is 18.2 Å². The van der Waals surface area contributed by atoms with Gasteiger partial charge in [0, 0.05) is 48.7 Å². The second kappa shape index (κ2) is 8.94. The Morgan fingerprint density at radius 1 is 1.12 bits per heavy atom. The molecule has 0 N–H and O–H groups in total. The number of likely N-dealkylation sites (tertiary alicyclic amines) is 1. The number of nitrogens with zero attached hydrogens (tertiary/aromatic N) is 5. The number of aryl methyl sites for hydroxylation is 1. The molecular formula is C26H24FN5O. The summed E-state index contributed by atoms with van der Waals surface area (Å²) in [5.74, 6) is 0.493. The van der Waals surface area contributed by atoms with E-state index in [2.05, 4.69) is 10.1 Å². The van der Waals surface area contributed by atoms with E-state index in [0.717, 1.165) is 35.3 Å². The molecule has 0 spiro atoms. The quantitative estimate of drug-likeness (QED) is 0.457. The van der Waals surface area contributed by atoms with Gasteiger partial charge in [0.15, 0.2) is 0 Å². The van der Waals surface area contributed by atoms with Gasteiger partial charge in [-0.2, -0.15) is 5.10 Å². The van der Waals surface area contributed by atoms with Crippen LogP contribution in [0.4, 0.5) is 4.39 Å². The number of hydrogen-bond donors (Lipinski definition) is 0. The molecule has 3 heterocycles. The highest BCUT2D eigenvalue weighted by molar-refractivity contribution is 5.95. The molecule has 1 saturated heterocycles. The number of hydrogen-bond acceptors (Lipinski definition) is 4. The summed E-state index contributed by atoms with van der Waals surface area (Å²) >= 11 is 0. The number of carbonyl (C=O) groups is 1. The molecule has 1 atom stereocenters. The maximum Gasteiger partial charge on any atom is 0.253 e. The number of benzene rings is 2. The van der Waals surface area contributed by atoms with Gasteiger partial charge in [-0.05, 0) is 61.7 Å². The van der Waals surface area contributed by atoms with Crippen molar-refractivity contribution in [2.75, 3.05) is 13.1 Å². The molecule has 0 bridgehead atoms. The molecule has 0 unspecified atom stereocenters. The first-order valence-corrected chi connectivity index (χ1v) is 11.1. The first-order chi connectivity index (χ1) is 16.1. The largest absolute Gasteiger partial charge is 0.338 e. The van der Waals surface area contributed by atoms with Gasteiger partial charge in [0.1, 0.15) is 11.6 Å². The Morgan fingerprint density at radius 3 is 2.76 bits per heavy atom. The van der Waals surface area contributed by atoms with E-state index in [9.17, 15) is 9.18 Å². The fraction of sp³-hybridized carbons (Fsp3) is 0.231. The minimum Gasteiger partial charge on any atom is -0.338 e. The van der Waals surface area contributed by atoms with E-state index >= 15 is 0 Å². The van der Waals surface area contributed by atoms with Crippen LogP contribution in [0.5, 0.6) is 0 Å². The minimum absolute atomic E-state index is 0.00261. The van der Waals surface area contributed by atoms with E-state index in [0.29, 0.717) is 24.5 Å². The molecule has 1 aliphatic heterocycles. The highest BCUT2D eigenvalue weighted by atomic mass is 19.1. The standard InChI is InChI=1S/C26H24FN5O/c1-18-28-16-24(19-8-10-22(27)11-9-19)25(30-18)21-6-3-13-31(17-21)26(33)20-5-2-7-23(15-20)32-14-4-12-29-32/h2,4-5,7-12,14-16,21H,3,6,13,17H2,1H3/t21-/m0/s1. The maximum atomic E-state index is 13.5. The molecule has 166 valence electrons. The fourth-order valence-electron chi connectivity index (χ4n) is 4.42. The fourth-order valence-corrected chi connectivity index (χ4v) is 4.42. The molecule has 1 fully saturated rings. The van der Waals surface area contributed by atoms with Crippen LogP contribution in [0.2, 0.25) is 0 Å². The first-order valence-electron chi connectivity index (χ1n) is 11.1. The van der Waals surface area contributed by atoms with Crippen molar-refractivity contribution in [3.05, 3.63) is 96.1 Å². The van der Waals surface area contributed by atoms with E-state index < -0.39 is 0 Å². The van der Waals surface area contributed by atoms with Gasteiger partial charge in [-0.25, -0.2) is 19.0 Å². The molecule has 4 aromatic rings. The highest BCUT2D eigenvalue weighted by Crippen LogP contribution is 2.33. The smallest absolute Gasteiger partial charge is 0.253 e. The van der Waals surface area contributed by atoms with E-state index in [4.69, 9.17) is 4.98 Å². The summed E-state index contributed by atoms with van der Waals surface area (Å²) in [6.45, 7) is 3.15. The minimum atomic E-state index is -0.278. The first kappa shape index (κ1) is 21.0. The Bertz CT molecular complexity index is 1270. The zero-order valence-electron chi connectivity index (χ0n) is 18.4. The second-order valence-electron chi connectivity index (χ2n) is 8.31. The number of carbonyl (C=O) groups excluding carboxylic acids is 1. The SMILES string of the molecule is Cc1ncc(-c2ccc(F)cc2)c([C@H]2CCCN(C(=O)c3cccc(-n4cccn4)c3)C2)n1. The van der Waals surface area contributed by atoms with Crippen LogP contribution in [-0.4, -0.2) is 43.6 Å². The van der Waals surface area contributed by atoms with Crippen LogP contribution in [0.3, 0.4) is 0 Å². The third-order valence-corrected chi connectivity index (χ3v) is 6.05. The molecule has 1 amide bonds. The Morgan fingerprint density at radius 2 is 1.97 bits per heavy atom. The highest BCUT2D eigenvalue weighted by Gasteiger charge is 2.28. The summed E-state index contributed by atoms with van der Waals surface area (Å²) in [6.07, 6.45) is 7.20. The molecule has 7 heteroatoms. The van der Waals surface area contributed by atoms with E-state index in [1.807, 2.05) is 48.4 Å². The third-order valence-electron chi connectivity index (χ3n) is 6.05. The van der Waals surface area contributed by atoms with Gasteiger partial charge >= 0.3 is 0 Å². The zero-order chi connectivity index (χ0) is 22.8. The van der Waals surface area contributed by atoms with Crippen molar-refractivity contribution >= 4 is 5.91 Å². The molecule has 2 aromatic heterocycles. The third kappa shape index (κ3) is 4.39. The number of aromatic nitrogens is 4. The predicted octanol–water partition coefficient (Wildman–Crippen LogP) is 4.80. The molecule has 1 aliphatic rings. The molecule has 0 aliphatic carbocycles. The maximum absolute atomic E-state index is 13.5. The van der Waals surface area contributed by atoms with Gasteiger partial charge < -0.3 is 4.90 Å². The second-order valence-corrected chi connectivity index (χ2v) is 8.31. The zero-order valence-corrected chi connectivity index (χ0v) is 18.4. The Kier molecular flexibility index (Phi) is 5.69. The summed E-state index contributed by atoms with van der Waals surface area (Å²) in [6, 6.07) is 15.8. The van der Waals surface area contributed by atoms with Crippen molar-refractivity contribution in [2.24, 2.45) is 0 Å². The van der Waals surface area contributed by atoms with Crippen LogP contribution >= 0.6 is 0 Å². The molecule has 0 radical (unpaired) electrons. The van der Waals surface area contributed by atoms with Crippen LogP contribution < -0.4 is 0 Å². The summed E-state index contributed by atoms with van der Waals surface area (Å²) in [5.41, 5.74) is 4.17. The van der Waals surface area contributed by atoms with E-state index in [1.54, 1.807) is 29.2 Å². The van der Waals surface area contributed by atoms with Crippen LogP contribution in [0.25, 0.3) is 16.8 Å². The number of halogens is 1. The molecule has 0 saturated carbocycles. The average molecular weight is 442 g/mol. The summed E-state index contributed by atoms with van der Waals surface area (Å²) in [4.78, 5) is 24.4. The van der Waals surface area contributed by atoms with Crippen molar-refractivity contribution in [2.45, 2.75) is 25.7 Å². The Balaban J connectivity index is 1.42. The van der Waals surface area contributed by atoms with Crippen molar-refractivity contribution in [1.29, 1.82) is 0 Å². The lowest BCUT2D eigenvalue weighted by atomic mass is 9.89. The molecule has 2 aromatic carbocycles. The monoisotopic (exact) mass is 441 g/mol. The van der Waals surface area contributed by atoms with Gasteiger partial charge in [0.05, 0.1) is 11.4 Å². The average Bonchev–Trinajstić information content (AvgIpc) is 3.40. The van der Waals surface area contributed by atoms with Gasteiger partial charge in [0.2, 0.25) is 0 Å². The lowest BCUT2D eigenvalue weighted by molar-refractivity contribution is 0.0706. The van der Waals surface area contributed by atoms with Gasteiger partial charge in [-0.3, -0.25) is 4.79 Å². The van der Waals surface area contributed by atoms with Gasteiger partial charge in [-0.15, -0.1) is 0 Å². The lowest BCUT2D eigenvalue weighted by Crippen LogP contribution is -2.39. The topological polar surface area (TPSA) is 63.9 Å².